The molecule has 2 aliphatic carbocycles. The van der Waals surface area contributed by atoms with Crippen LogP contribution in [-0.2, 0) is 16.2 Å². The molecule has 0 spiro atoms. The van der Waals surface area contributed by atoms with Crippen molar-refractivity contribution in [2.75, 3.05) is 0 Å². The van der Waals surface area contributed by atoms with Gasteiger partial charge in [-0.3, -0.25) is 19.7 Å². The molecule has 3 aliphatic rings. The Bertz CT molecular complexity index is 1160. The highest BCUT2D eigenvalue weighted by Gasteiger charge is 2.59. The van der Waals surface area contributed by atoms with Gasteiger partial charge in [0.2, 0.25) is 5.75 Å². The fourth-order valence-corrected chi connectivity index (χ4v) is 4.85. The number of hydrogen-bond acceptors (Lipinski definition) is 6. The molecular formula is C23H18FN3O5. The Morgan fingerprint density at radius 3 is 2.47 bits per heavy atom. The number of nitro benzene ring substituents is 1. The molecule has 1 heterocycles. The maximum absolute atomic E-state index is 13.4. The van der Waals surface area contributed by atoms with Gasteiger partial charge in [-0.2, -0.15) is 10.1 Å². The zero-order chi connectivity index (χ0) is 22.4. The number of rotatable bonds is 6. The zero-order valence-electron chi connectivity index (χ0n) is 16.8. The average molecular weight is 435 g/mol. The number of halogens is 1. The van der Waals surface area contributed by atoms with Gasteiger partial charge in [-0.05, 0) is 42.0 Å². The quantitative estimate of drug-likeness (QED) is 0.227. The van der Waals surface area contributed by atoms with Crippen molar-refractivity contribution in [1.82, 2.24) is 5.01 Å². The first-order valence-electron chi connectivity index (χ1n) is 10.2. The molecule has 4 atom stereocenters. The van der Waals surface area contributed by atoms with Gasteiger partial charge >= 0.3 is 5.69 Å². The summed E-state index contributed by atoms with van der Waals surface area (Å²) in [6.45, 7) is -0.107. The molecule has 2 aromatic carbocycles. The lowest BCUT2D eigenvalue weighted by Gasteiger charge is -2.13. The lowest BCUT2D eigenvalue weighted by molar-refractivity contribution is -0.385. The van der Waals surface area contributed by atoms with Crippen molar-refractivity contribution in [3.8, 4) is 5.75 Å². The van der Waals surface area contributed by atoms with Gasteiger partial charge in [0, 0.05) is 11.6 Å². The van der Waals surface area contributed by atoms with E-state index in [2.05, 4.69) is 5.10 Å². The Morgan fingerprint density at radius 1 is 1.12 bits per heavy atom. The number of carbonyl (C=O) groups excluding carboxylic acids is 2. The highest BCUT2D eigenvalue weighted by molar-refractivity contribution is 6.07. The van der Waals surface area contributed by atoms with Gasteiger partial charge in [-0.15, -0.1) is 0 Å². The lowest BCUT2D eigenvalue weighted by Crippen LogP contribution is -2.28. The van der Waals surface area contributed by atoms with Gasteiger partial charge < -0.3 is 4.74 Å². The molecule has 2 aromatic rings. The predicted molar refractivity (Wildman–Crippen MR) is 111 cm³/mol. The van der Waals surface area contributed by atoms with Crippen LogP contribution in [0.2, 0.25) is 0 Å². The van der Waals surface area contributed by atoms with Crippen LogP contribution in [0.1, 0.15) is 17.5 Å². The lowest BCUT2D eigenvalue weighted by atomic mass is 9.85. The van der Waals surface area contributed by atoms with Crippen LogP contribution in [0, 0.1) is 39.6 Å². The maximum atomic E-state index is 13.4. The highest BCUT2D eigenvalue weighted by Crippen LogP contribution is 2.52. The fraction of sp³-hybridized carbons (Fsp3) is 0.261. The second-order valence-corrected chi connectivity index (χ2v) is 8.10. The monoisotopic (exact) mass is 435 g/mol. The van der Waals surface area contributed by atoms with Crippen molar-refractivity contribution in [3.63, 3.8) is 0 Å². The Morgan fingerprint density at radius 2 is 1.81 bits per heavy atom. The van der Waals surface area contributed by atoms with Crippen molar-refractivity contribution in [1.29, 1.82) is 0 Å². The number of amides is 2. The minimum absolute atomic E-state index is 0.0598. The molecule has 1 aliphatic heterocycles. The number of benzene rings is 2. The van der Waals surface area contributed by atoms with E-state index in [0.717, 1.165) is 11.4 Å². The molecule has 2 amide bonds. The second kappa shape index (κ2) is 7.67. The van der Waals surface area contributed by atoms with E-state index in [1.165, 1.54) is 42.6 Å². The number of nitrogens with zero attached hydrogens (tertiary/aromatic N) is 3. The van der Waals surface area contributed by atoms with Gasteiger partial charge in [0.05, 0.1) is 23.0 Å². The van der Waals surface area contributed by atoms with Crippen molar-refractivity contribution in [2.24, 2.45) is 28.8 Å². The molecule has 8 nitrogen and oxygen atoms in total. The standard InChI is InChI=1S/C23H18FN3O5/c24-17-5-1-3-13(9-17)12-32-21-16(4-2-6-18(21)27(30)31)11-25-26-22(28)19-14-7-8-15(10-14)20(19)23(26)29/h1-9,11,14-15,19-20H,10,12H2/t14-,15-,19-,20+/m0/s1. The van der Waals surface area contributed by atoms with Crippen LogP contribution >= 0.6 is 0 Å². The summed E-state index contributed by atoms with van der Waals surface area (Å²) < 4.78 is 19.1. The SMILES string of the molecule is O=C1[C@@H]2[C@H](C(=O)N1N=Cc1cccc([N+](=O)[O-])c1OCc1cccc(F)c1)[C@H]1C=C[C@H]2C1. The first kappa shape index (κ1) is 20.0. The Balaban J connectivity index is 1.42. The van der Waals surface area contributed by atoms with Crippen LogP contribution in [0.4, 0.5) is 10.1 Å². The van der Waals surface area contributed by atoms with E-state index in [4.69, 9.17) is 4.74 Å². The van der Waals surface area contributed by atoms with Gasteiger partial charge in [0.25, 0.3) is 11.8 Å². The summed E-state index contributed by atoms with van der Waals surface area (Å²) in [6, 6.07) is 9.97. The van der Waals surface area contributed by atoms with Crippen molar-refractivity contribution < 1.29 is 23.6 Å². The number of allylic oxidation sites excluding steroid dienone is 2. The molecule has 0 N–H and O–H groups in total. The van der Waals surface area contributed by atoms with Crippen molar-refractivity contribution >= 4 is 23.7 Å². The van der Waals surface area contributed by atoms with Gasteiger partial charge in [-0.25, -0.2) is 4.39 Å². The summed E-state index contributed by atoms with van der Waals surface area (Å²) in [4.78, 5) is 36.5. The van der Waals surface area contributed by atoms with E-state index in [1.807, 2.05) is 12.2 Å². The van der Waals surface area contributed by atoms with Crippen molar-refractivity contribution in [2.45, 2.75) is 13.0 Å². The number of imide groups is 1. The van der Waals surface area contributed by atoms with Gasteiger partial charge in [0.1, 0.15) is 12.4 Å². The van der Waals surface area contributed by atoms with E-state index in [1.54, 1.807) is 6.07 Å². The van der Waals surface area contributed by atoms with Crippen LogP contribution in [0.25, 0.3) is 0 Å². The number of fused-ring (bicyclic) bond motifs is 5. The number of hydrazone groups is 1. The minimum Gasteiger partial charge on any atom is -0.481 e. The van der Waals surface area contributed by atoms with Crippen molar-refractivity contribution in [3.05, 3.63) is 81.7 Å². The number of carbonyl (C=O) groups is 2. The summed E-state index contributed by atoms with van der Waals surface area (Å²) in [6.07, 6.45) is 6.01. The zero-order valence-corrected chi connectivity index (χ0v) is 16.8. The molecule has 32 heavy (non-hydrogen) atoms. The van der Waals surface area contributed by atoms with Gasteiger partial charge in [-0.1, -0.05) is 30.4 Å². The van der Waals surface area contributed by atoms with Gasteiger partial charge in [0.15, 0.2) is 0 Å². The summed E-state index contributed by atoms with van der Waals surface area (Å²) >= 11 is 0. The Hall–Kier alpha value is -3.88. The predicted octanol–water partition coefficient (Wildman–Crippen LogP) is 3.45. The molecule has 0 radical (unpaired) electrons. The Labute approximate surface area is 182 Å². The fourth-order valence-electron chi connectivity index (χ4n) is 4.85. The third-order valence-corrected chi connectivity index (χ3v) is 6.25. The van der Waals surface area contributed by atoms with Crippen LogP contribution in [0.3, 0.4) is 0 Å². The second-order valence-electron chi connectivity index (χ2n) is 8.10. The molecule has 0 unspecified atom stereocenters. The molecule has 5 rings (SSSR count). The largest absolute Gasteiger partial charge is 0.481 e. The molecule has 1 saturated carbocycles. The molecular weight excluding hydrogens is 417 g/mol. The third-order valence-electron chi connectivity index (χ3n) is 6.25. The van der Waals surface area contributed by atoms with E-state index in [0.29, 0.717) is 5.56 Å². The van der Waals surface area contributed by atoms with E-state index in [9.17, 15) is 24.1 Å². The number of para-hydroxylation sites is 1. The molecule has 2 bridgehead atoms. The Kier molecular flexibility index (Phi) is 4.80. The third kappa shape index (κ3) is 3.26. The summed E-state index contributed by atoms with van der Waals surface area (Å²) in [7, 11) is 0. The summed E-state index contributed by atoms with van der Waals surface area (Å²) in [5.41, 5.74) is 0.421. The average Bonchev–Trinajstić information content (AvgIpc) is 3.45. The molecule has 9 heteroatoms. The molecule has 2 fully saturated rings. The maximum Gasteiger partial charge on any atom is 0.311 e. The molecule has 162 valence electrons. The first-order chi connectivity index (χ1) is 15.4. The van der Waals surface area contributed by atoms with Crippen LogP contribution < -0.4 is 4.74 Å². The molecule has 0 aromatic heterocycles. The number of nitro groups is 1. The first-order valence-corrected chi connectivity index (χ1v) is 10.2. The number of hydrogen-bond donors (Lipinski definition) is 0. The van der Waals surface area contributed by atoms with E-state index < -0.39 is 10.7 Å². The van der Waals surface area contributed by atoms with Crippen LogP contribution in [-0.4, -0.2) is 28.0 Å². The summed E-state index contributed by atoms with van der Waals surface area (Å²) in [5.74, 6) is -1.87. The molecule has 1 saturated heterocycles. The highest BCUT2D eigenvalue weighted by atomic mass is 19.1. The summed E-state index contributed by atoms with van der Waals surface area (Å²) in [5, 5.41) is 16.5. The normalized spacial score (nSPS) is 25.7. The smallest absolute Gasteiger partial charge is 0.311 e. The topological polar surface area (TPSA) is 102 Å². The minimum atomic E-state index is -0.599. The van der Waals surface area contributed by atoms with Crippen LogP contribution in [0.15, 0.2) is 59.7 Å². The van der Waals surface area contributed by atoms with E-state index in [-0.39, 0.29) is 59.1 Å². The number of ether oxygens (including phenoxy) is 1. The van der Waals surface area contributed by atoms with Crippen LogP contribution in [0.5, 0.6) is 5.75 Å². The van der Waals surface area contributed by atoms with E-state index >= 15 is 0 Å².